The highest BCUT2D eigenvalue weighted by Gasteiger charge is 2.09. The Kier molecular flexibility index (Phi) is 5.04. The van der Waals surface area contributed by atoms with Crippen LogP contribution in [0.2, 0.25) is 0 Å². The van der Waals surface area contributed by atoms with Crippen molar-refractivity contribution in [1.82, 2.24) is 15.3 Å². The molecule has 84 valence electrons. The van der Waals surface area contributed by atoms with Gasteiger partial charge in [-0.1, -0.05) is 26.2 Å². The summed E-state index contributed by atoms with van der Waals surface area (Å²) in [6.45, 7) is 2.21. The molecular formula is C11H20N4. The van der Waals surface area contributed by atoms with Gasteiger partial charge in [-0.05, 0) is 13.5 Å². The molecule has 0 radical (unpaired) electrons. The van der Waals surface area contributed by atoms with E-state index in [1.54, 1.807) is 12.4 Å². The first-order chi connectivity index (χ1) is 7.27. The van der Waals surface area contributed by atoms with Crippen molar-refractivity contribution in [2.45, 2.75) is 38.6 Å². The van der Waals surface area contributed by atoms with E-state index in [1.165, 1.54) is 19.3 Å². The summed E-state index contributed by atoms with van der Waals surface area (Å²) < 4.78 is 0. The Balaban J connectivity index is 2.53. The molecule has 0 amide bonds. The summed E-state index contributed by atoms with van der Waals surface area (Å²) in [6.07, 6.45) is 8.18. The number of nitrogens with two attached hydrogens (primary N) is 1. The summed E-state index contributed by atoms with van der Waals surface area (Å²) in [5.74, 6) is 0.474. The number of rotatable bonds is 6. The second-order valence-electron chi connectivity index (χ2n) is 3.70. The molecule has 0 spiro atoms. The topological polar surface area (TPSA) is 63.8 Å². The molecule has 0 bridgehead atoms. The fourth-order valence-electron chi connectivity index (χ4n) is 1.57. The SMILES string of the molecule is CCCCCC(NC)c1cnc(N)cn1. The van der Waals surface area contributed by atoms with Crippen molar-refractivity contribution in [3.05, 3.63) is 18.1 Å². The van der Waals surface area contributed by atoms with Crippen LogP contribution < -0.4 is 11.1 Å². The monoisotopic (exact) mass is 208 g/mol. The molecule has 1 aromatic heterocycles. The highest BCUT2D eigenvalue weighted by Crippen LogP contribution is 2.16. The lowest BCUT2D eigenvalue weighted by molar-refractivity contribution is 0.500. The minimum atomic E-state index is 0.296. The second-order valence-corrected chi connectivity index (χ2v) is 3.70. The number of hydrogen-bond donors (Lipinski definition) is 2. The maximum absolute atomic E-state index is 5.50. The Morgan fingerprint density at radius 3 is 2.67 bits per heavy atom. The molecule has 0 fully saturated rings. The molecular weight excluding hydrogens is 188 g/mol. The van der Waals surface area contributed by atoms with Crippen LogP contribution in [-0.2, 0) is 0 Å². The fraction of sp³-hybridized carbons (Fsp3) is 0.636. The van der Waals surface area contributed by atoms with Crippen LogP contribution in [0.5, 0.6) is 0 Å². The molecule has 0 aliphatic rings. The molecule has 0 aromatic carbocycles. The Bertz CT molecular complexity index is 270. The molecule has 0 aliphatic heterocycles. The predicted molar refractivity (Wildman–Crippen MR) is 62.4 cm³/mol. The minimum absolute atomic E-state index is 0.296. The van der Waals surface area contributed by atoms with Crippen LogP contribution in [0, 0.1) is 0 Å². The number of hydrogen-bond acceptors (Lipinski definition) is 4. The first-order valence-electron chi connectivity index (χ1n) is 5.52. The normalized spacial score (nSPS) is 12.7. The van der Waals surface area contributed by atoms with Gasteiger partial charge >= 0.3 is 0 Å². The number of unbranched alkanes of at least 4 members (excludes halogenated alkanes) is 2. The lowest BCUT2D eigenvalue weighted by atomic mass is 10.1. The fourth-order valence-corrected chi connectivity index (χ4v) is 1.57. The third-order valence-corrected chi connectivity index (χ3v) is 2.49. The van der Waals surface area contributed by atoms with Gasteiger partial charge in [-0.2, -0.15) is 0 Å². The summed E-state index contributed by atoms with van der Waals surface area (Å²) in [5.41, 5.74) is 6.47. The van der Waals surface area contributed by atoms with Crippen LogP contribution in [0.25, 0.3) is 0 Å². The number of aromatic nitrogens is 2. The van der Waals surface area contributed by atoms with Gasteiger partial charge in [-0.3, -0.25) is 4.98 Å². The lowest BCUT2D eigenvalue weighted by Gasteiger charge is -2.14. The molecule has 4 heteroatoms. The maximum Gasteiger partial charge on any atom is 0.141 e. The van der Waals surface area contributed by atoms with Gasteiger partial charge in [0, 0.05) is 0 Å². The quantitative estimate of drug-likeness (QED) is 0.701. The Hall–Kier alpha value is -1.16. The molecule has 0 saturated carbocycles. The zero-order valence-electron chi connectivity index (χ0n) is 9.53. The second kappa shape index (κ2) is 6.35. The largest absolute Gasteiger partial charge is 0.382 e. The van der Waals surface area contributed by atoms with E-state index in [1.807, 2.05) is 7.05 Å². The smallest absolute Gasteiger partial charge is 0.141 e. The van der Waals surface area contributed by atoms with Crippen LogP contribution in [0.1, 0.15) is 44.3 Å². The predicted octanol–water partition coefficient (Wildman–Crippen LogP) is 1.90. The van der Waals surface area contributed by atoms with Crippen LogP contribution >= 0.6 is 0 Å². The van der Waals surface area contributed by atoms with Gasteiger partial charge in [-0.15, -0.1) is 0 Å². The van der Waals surface area contributed by atoms with Crippen molar-refractivity contribution in [1.29, 1.82) is 0 Å². The first-order valence-corrected chi connectivity index (χ1v) is 5.52. The molecule has 1 unspecified atom stereocenters. The molecule has 0 saturated heterocycles. The summed E-state index contributed by atoms with van der Waals surface area (Å²) in [5, 5.41) is 3.25. The molecule has 1 aromatic rings. The standard InChI is InChI=1S/C11H20N4/c1-3-4-5-6-9(13-2)10-7-15-11(12)8-14-10/h7-9,13H,3-6H2,1-2H3,(H2,12,15). The zero-order valence-corrected chi connectivity index (χ0v) is 9.53. The van der Waals surface area contributed by atoms with E-state index >= 15 is 0 Å². The average molecular weight is 208 g/mol. The number of nitrogens with zero attached hydrogens (tertiary/aromatic N) is 2. The van der Waals surface area contributed by atoms with Crippen molar-refractivity contribution >= 4 is 5.82 Å². The van der Waals surface area contributed by atoms with E-state index in [-0.39, 0.29) is 0 Å². The van der Waals surface area contributed by atoms with E-state index in [0.717, 1.165) is 12.1 Å². The van der Waals surface area contributed by atoms with E-state index in [2.05, 4.69) is 22.2 Å². The Labute approximate surface area is 91.3 Å². The van der Waals surface area contributed by atoms with Gasteiger partial charge < -0.3 is 11.1 Å². The molecule has 4 nitrogen and oxygen atoms in total. The maximum atomic E-state index is 5.50. The summed E-state index contributed by atoms with van der Waals surface area (Å²) in [6, 6.07) is 0.296. The van der Waals surface area contributed by atoms with Crippen LogP contribution in [0.4, 0.5) is 5.82 Å². The molecule has 1 heterocycles. The van der Waals surface area contributed by atoms with Crippen molar-refractivity contribution < 1.29 is 0 Å². The molecule has 0 aliphatic carbocycles. The number of anilines is 1. The van der Waals surface area contributed by atoms with Crippen molar-refractivity contribution in [2.24, 2.45) is 0 Å². The molecule has 1 atom stereocenters. The van der Waals surface area contributed by atoms with Gasteiger partial charge in [0.1, 0.15) is 5.82 Å². The zero-order chi connectivity index (χ0) is 11.1. The number of nitrogen functional groups attached to an aromatic ring is 1. The van der Waals surface area contributed by atoms with Gasteiger partial charge in [0.05, 0.1) is 24.1 Å². The van der Waals surface area contributed by atoms with E-state index in [4.69, 9.17) is 5.73 Å². The summed E-state index contributed by atoms with van der Waals surface area (Å²) in [4.78, 5) is 8.33. The molecule has 15 heavy (non-hydrogen) atoms. The third kappa shape index (κ3) is 3.83. The van der Waals surface area contributed by atoms with E-state index < -0.39 is 0 Å². The van der Waals surface area contributed by atoms with Crippen LogP contribution in [-0.4, -0.2) is 17.0 Å². The Morgan fingerprint density at radius 2 is 2.13 bits per heavy atom. The van der Waals surface area contributed by atoms with Gasteiger partial charge in [0.15, 0.2) is 0 Å². The Morgan fingerprint density at radius 1 is 1.33 bits per heavy atom. The first kappa shape index (κ1) is 11.9. The van der Waals surface area contributed by atoms with Crippen LogP contribution in [0.3, 0.4) is 0 Å². The summed E-state index contributed by atoms with van der Waals surface area (Å²) >= 11 is 0. The minimum Gasteiger partial charge on any atom is -0.382 e. The number of nitrogens with one attached hydrogen (secondary N) is 1. The van der Waals surface area contributed by atoms with Gasteiger partial charge in [0.25, 0.3) is 0 Å². The summed E-state index contributed by atoms with van der Waals surface area (Å²) in [7, 11) is 1.95. The molecule has 1 rings (SSSR count). The van der Waals surface area contributed by atoms with Crippen molar-refractivity contribution in [2.75, 3.05) is 12.8 Å². The molecule has 3 N–H and O–H groups in total. The van der Waals surface area contributed by atoms with Crippen molar-refractivity contribution in [3.63, 3.8) is 0 Å². The van der Waals surface area contributed by atoms with Gasteiger partial charge in [0.2, 0.25) is 0 Å². The van der Waals surface area contributed by atoms with Crippen molar-refractivity contribution in [3.8, 4) is 0 Å². The third-order valence-electron chi connectivity index (χ3n) is 2.49. The highest BCUT2D eigenvalue weighted by molar-refractivity contribution is 5.23. The van der Waals surface area contributed by atoms with E-state index in [0.29, 0.717) is 11.9 Å². The lowest BCUT2D eigenvalue weighted by Crippen LogP contribution is -2.18. The van der Waals surface area contributed by atoms with Crippen LogP contribution in [0.15, 0.2) is 12.4 Å². The average Bonchev–Trinajstić information content (AvgIpc) is 2.26. The van der Waals surface area contributed by atoms with Gasteiger partial charge in [-0.25, -0.2) is 4.98 Å². The highest BCUT2D eigenvalue weighted by atomic mass is 14.9. The van der Waals surface area contributed by atoms with E-state index in [9.17, 15) is 0 Å².